The molecule has 0 saturated heterocycles. The molecule has 0 aromatic heterocycles. The van der Waals surface area contributed by atoms with Crippen molar-refractivity contribution >= 4 is 5.97 Å². The Morgan fingerprint density at radius 1 is 1.58 bits per heavy atom. The van der Waals surface area contributed by atoms with Crippen LogP contribution in [0, 0.1) is 5.92 Å². The van der Waals surface area contributed by atoms with Gasteiger partial charge in [0.05, 0.1) is 7.11 Å². The van der Waals surface area contributed by atoms with Crippen LogP contribution >= 0.6 is 0 Å². The molecule has 12 heavy (non-hydrogen) atoms. The van der Waals surface area contributed by atoms with Gasteiger partial charge in [-0.2, -0.15) is 0 Å². The summed E-state index contributed by atoms with van der Waals surface area (Å²) in [4.78, 5) is 10.8. The van der Waals surface area contributed by atoms with E-state index < -0.39 is 0 Å². The SMILES string of the molecule is C=C(C)CC(C)CCC(=O)OC. The molecule has 1 atom stereocenters. The Morgan fingerprint density at radius 2 is 2.17 bits per heavy atom. The molecule has 0 heterocycles. The Morgan fingerprint density at radius 3 is 2.58 bits per heavy atom. The second-order valence-electron chi connectivity index (χ2n) is 3.38. The monoisotopic (exact) mass is 170 g/mol. The molecule has 2 nitrogen and oxygen atoms in total. The van der Waals surface area contributed by atoms with Crippen LogP contribution in [0.15, 0.2) is 12.2 Å². The highest BCUT2D eigenvalue weighted by atomic mass is 16.5. The Balaban J connectivity index is 3.50. The zero-order chi connectivity index (χ0) is 9.56. The molecule has 0 spiro atoms. The van der Waals surface area contributed by atoms with E-state index in [-0.39, 0.29) is 5.97 Å². The van der Waals surface area contributed by atoms with Crippen molar-refractivity contribution in [2.24, 2.45) is 5.92 Å². The highest BCUT2D eigenvalue weighted by Crippen LogP contribution is 2.14. The molecule has 0 aliphatic carbocycles. The first-order valence-corrected chi connectivity index (χ1v) is 4.27. The van der Waals surface area contributed by atoms with Crippen molar-refractivity contribution in [3.8, 4) is 0 Å². The number of hydrogen-bond acceptors (Lipinski definition) is 2. The van der Waals surface area contributed by atoms with Crippen molar-refractivity contribution in [3.63, 3.8) is 0 Å². The summed E-state index contributed by atoms with van der Waals surface area (Å²) in [7, 11) is 1.42. The predicted molar refractivity (Wildman–Crippen MR) is 49.8 cm³/mol. The van der Waals surface area contributed by atoms with E-state index in [9.17, 15) is 4.79 Å². The minimum atomic E-state index is -0.122. The molecule has 70 valence electrons. The average molecular weight is 170 g/mol. The number of hydrogen-bond donors (Lipinski definition) is 0. The molecule has 2 heteroatoms. The van der Waals surface area contributed by atoms with E-state index in [0.717, 1.165) is 12.8 Å². The van der Waals surface area contributed by atoms with Crippen molar-refractivity contribution in [1.29, 1.82) is 0 Å². The summed E-state index contributed by atoms with van der Waals surface area (Å²) in [6.07, 6.45) is 2.40. The number of allylic oxidation sites excluding steroid dienone is 1. The lowest BCUT2D eigenvalue weighted by Gasteiger charge is -2.09. The van der Waals surface area contributed by atoms with Gasteiger partial charge in [-0.3, -0.25) is 4.79 Å². The minimum absolute atomic E-state index is 0.122. The van der Waals surface area contributed by atoms with Gasteiger partial charge in [0.25, 0.3) is 0 Å². The Bertz CT molecular complexity index is 161. The van der Waals surface area contributed by atoms with Crippen LogP contribution in [0.3, 0.4) is 0 Å². The summed E-state index contributed by atoms with van der Waals surface area (Å²) in [6, 6.07) is 0. The molecule has 0 aromatic rings. The van der Waals surface area contributed by atoms with Crippen LogP contribution in [0.25, 0.3) is 0 Å². The molecule has 0 rings (SSSR count). The minimum Gasteiger partial charge on any atom is -0.469 e. The van der Waals surface area contributed by atoms with Crippen LogP contribution in [0.5, 0.6) is 0 Å². The third kappa shape index (κ3) is 5.96. The van der Waals surface area contributed by atoms with Gasteiger partial charge in [-0.05, 0) is 25.7 Å². The highest BCUT2D eigenvalue weighted by molar-refractivity contribution is 5.69. The molecule has 0 bridgehead atoms. The maximum absolute atomic E-state index is 10.8. The predicted octanol–water partition coefficient (Wildman–Crippen LogP) is 2.54. The zero-order valence-electron chi connectivity index (χ0n) is 8.22. The van der Waals surface area contributed by atoms with Crippen LogP contribution < -0.4 is 0 Å². The largest absolute Gasteiger partial charge is 0.469 e. The number of methoxy groups -OCH3 is 1. The first-order valence-electron chi connectivity index (χ1n) is 4.27. The second kappa shape index (κ2) is 5.81. The van der Waals surface area contributed by atoms with Crippen molar-refractivity contribution < 1.29 is 9.53 Å². The van der Waals surface area contributed by atoms with Crippen molar-refractivity contribution in [2.45, 2.75) is 33.1 Å². The molecule has 0 N–H and O–H groups in total. The molecule has 0 aliphatic rings. The van der Waals surface area contributed by atoms with E-state index in [1.165, 1.54) is 12.7 Å². The molecule has 0 amide bonds. The summed E-state index contributed by atoms with van der Waals surface area (Å²) in [5.74, 6) is 0.408. The number of carbonyl (C=O) groups excluding carboxylic acids is 1. The van der Waals surface area contributed by atoms with Gasteiger partial charge in [0, 0.05) is 6.42 Å². The molecule has 0 fully saturated rings. The molecule has 0 radical (unpaired) electrons. The first-order chi connectivity index (χ1) is 5.56. The van der Waals surface area contributed by atoms with E-state index >= 15 is 0 Å². The fourth-order valence-corrected chi connectivity index (χ4v) is 1.16. The summed E-state index contributed by atoms with van der Waals surface area (Å²) < 4.78 is 4.54. The molecular formula is C10H18O2. The maximum Gasteiger partial charge on any atom is 0.305 e. The summed E-state index contributed by atoms with van der Waals surface area (Å²) >= 11 is 0. The summed E-state index contributed by atoms with van der Waals surface area (Å²) in [5.41, 5.74) is 1.17. The lowest BCUT2D eigenvalue weighted by molar-refractivity contribution is -0.140. The van der Waals surface area contributed by atoms with E-state index in [2.05, 4.69) is 18.2 Å². The lowest BCUT2D eigenvalue weighted by atomic mass is 9.98. The van der Waals surface area contributed by atoms with Gasteiger partial charge in [-0.1, -0.05) is 12.5 Å². The fraction of sp³-hybridized carbons (Fsp3) is 0.700. The number of ether oxygens (including phenoxy) is 1. The first kappa shape index (κ1) is 11.2. The van der Waals surface area contributed by atoms with Gasteiger partial charge < -0.3 is 4.74 Å². The molecular weight excluding hydrogens is 152 g/mol. The van der Waals surface area contributed by atoms with E-state index in [0.29, 0.717) is 12.3 Å². The Labute approximate surface area is 74.6 Å². The maximum atomic E-state index is 10.8. The van der Waals surface area contributed by atoms with Gasteiger partial charge in [-0.25, -0.2) is 0 Å². The third-order valence-corrected chi connectivity index (χ3v) is 1.77. The summed E-state index contributed by atoms with van der Waals surface area (Å²) in [5, 5.41) is 0. The van der Waals surface area contributed by atoms with E-state index in [1.807, 2.05) is 6.92 Å². The molecule has 0 saturated carbocycles. The van der Waals surface area contributed by atoms with E-state index in [4.69, 9.17) is 0 Å². The molecule has 0 aliphatic heterocycles. The van der Waals surface area contributed by atoms with Gasteiger partial charge in [0.15, 0.2) is 0 Å². The highest BCUT2D eigenvalue weighted by Gasteiger charge is 2.06. The van der Waals surface area contributed by atoms with E-state index in [1.54, 1.807) is 0 Å². The van der Waals surface area contributed by atoms with Crippen molar-refractivity contribution in [1.82, 2.24) is 0 Å². The third-order valence-electron chi connectivity index (χ3n) is 1.77. The van der Waals surface area contributed by atoms with Crippen molar-refractivity contribution in [2.75, 3.05) is 7.11 Å². The Hall–Kier alpha value is -0.790. The number of carbonyl (C=O) groups is 1. The quantitative estimate of drug-likeness (QED) is 0.468. The average Bonchev–Trinajstić information content (AvgIpc) is 1.99. The van der Waals surface area contributed by atoms with Gasteiger partial charge in [-0.15, -0.1) is 6.58 Å². The van der Waals surface area contributed by atoms with Crippen LogP contribution in [0.1, 0.15) is 33.1 Å². The normalized spacial score (nSPS) is 12.2. The van der Waals surface area contributed by atoms with Crippen LogP contribution in [0.2, 0.25) is 0 Å². The van der Waals surface area contributed by atoms with Gasteiger partial charge in [0.2, 0.25) is 0 Å². The van der Waals surface area contributed by atoms with Crippen LogP contribution in [-0.4, -0.2) is 13.1 Å². The van der Waals surface area contributed by atoms with Crippen LogP contribution in [0.4, 0.5) is 0 Å². The number of esters is 1. The smallest absolute Gasteiger partial charge is 0.305 e. The summed E-state index contributed by atoms with van der Waals surface area (Å²) in [6.45, 7) is 7.96. The lowest BCUT2D eigenvalue weighted by Crippen LogP contribution is -2.04. The van der Waals surface area contributed by atoms with Crippen LogP contribution in [-0.2, 0) is 9.53 Å². The standard InChI is InChI=1S/C10H18O2/c1-8(2)7-9(3)5-6-10(11)12-4/h9H,1,5-7H2,2-4H3. The Kier molecular flexibility index (Phi) is 5.43. The van der Waals surface area contributed by atoms with Gasteiger partial charge >= 0.3 is 5.97 Å². The second-order valence-corrected chi connectivity index (χ2v) is 3.38. The topological polar surface area (TPSA) is 26.3 Å². The molecule has 0 aromatic carbocycles. The fourth-order valence-electron chi connectivity index (χ4n) is 1.16. The number of rotatable bonds is 5. The van der Waals surface area contributed by atoms with Gasteiger partial charge in [0.1, 0.15) is 0 Å². The zero-order valence-corrected chi connectivity index (χ0v) is 8.22. The molecule has 1 unspecified atom stereocenters. The van der Waals surface area contributed by atoms with Crippen molar-refractivity contribution in [3.05, 3.63) is 12.2 Å².